The van der Waals surface area contributed by atoms with E-state index in [2.05, 4.69) is 42.3 Å². The van der Waals surface area contributed by atoms with E-state index < -0.39 is 0 Å². The van der Waals surface area contributed by atoms with Crippen molar-refractivity contribution in [1.29, 1.82) is 0 Å². The van der Waals surface area contributed by atoms with Crippen molar-refractivity contribution in [2.45, 2.75) is 12.5 Å². The molecule has 20 heavy (non-hydrogen) atoms. The van der Waals surface area contributed by atoms with Crippen LogP contribution in [0.3, 0.4) is 0 Å². The van der Waals surface area contributed by atoms with Crippen LogP contribution in [0.4, 0.5) is 0 Å². The third kappa shape index (κ3) is 4.07. The van der Waals surface area contributed by atoms with Crippen LogP contribution < -0.4 is 5.73 Å². The maximum atomic E-state index is 6.20. The van der Waals surface area contributed by atoms with E-state index in [4.69, 9.17) is 17.3 Å². The Bertz CT molecular complexity index is 528. The Morgan fingerprint density at radius 3 is 2.35 bits per heavy atom. The summed E-state index contributed by atoms with van der Waals surface area (Å²) in [7, 11) is 2.11. The van der Waals surface area contributed by atoms with E-state index in [9.17, 15) is 0 Å². The summed E-state index contributed by atoms with van der Waals surface area (Å²) in [6.07, 6.45) is 0. The number of nitrogens with zero attached hydrogens (tertiary/aromatic N) is 1. The molecule has 2 N–H and O–H groups in total. The summed E-state index contributed by atoms with van der Waals surface area (Å²) < 4.78 is 0. The molecule has 0 saturated heterocycles. The summed E-state index contributed by atoms with van der Waals surface area (Å²) in [6, 6.07) is 18.4. The molecule has 2 nitrogen and oxygen atoms in total. The molecule has 0 bridgehead atoms. The molecule has 0 aliphatic rings. The molecule has 0 aliphatic carbocycles. The first-order chi connectivity index (χ1) is 9.70. The third-order valence-electron chi connectivity index (χ3n) is 3.49. The summed E-state index contributed by atoms with van der Waals surface area (Å²) in [5, 5.41) is 0.823. The van der Waals surface area contributed by atoms with E-state index in [1.165, 1.54) is 5.56 Å². The minimum atomic E-state index is 0.351. The van der Waals surface area contributed by atoms with Crippen molar-refractivity contribution in [3.8, 4) is 0 Å². The quantitative estimate of drug-likeness (QED) is 0.881. The van der Waals surface area contributed by atoms with Crippen LogP contribution >= 0.6 is 11.6 Å². The van der Waals surface area contributed by atoms with Crippen LogP contribution in [-0.2, 0) is 6.54 Å². The van der Waals surface area contributed by atoms with E-state index in [-0.39, 0.29) is 0 Å². The van der Waals surface area contributed by atoms with Gasteiger partial charge in [0.15, 0.2) is 0 Å². The van der Waals surface area contributed by atoms with Crippen molar-refractivity contribution in [2.24, 2.45) is 5.73 Å². The van der Waals surface area contributed by atoms with Crippen LogP contribution in [0.15, 0.2) is 54.6 Å². The Kier molecular flexibility index (Phi) is 5.60. The molecule has 2 aromatic carbocycles. The molecule has 106 valence electrons. The highest BCUT2D eigenvalue weighted by Crippen LogP contribution is 2.19. The molecule has 0 aromatic heterocycles. The van der Waals surface area contributed by atoms with Gasteiger partial charge in [0, 0.05) is 30.6 Å². The topological polar surface area (TPSA) is 29.3 Å². The Balaban J connectivity index is 2.00. The van der Waals surface area contributed by atoms with Gasteiger partial charge in [-0.2, -0.15) is 0 Å². The van der Waals surface area contributed by atoms with E-state index in [1.807, 2.05) is 24.3 Å². The monoisotopic (exact) mass is 288 g/mol. The number of hydrogen-bond donors (Lipinski definition) is 1. The number of hydrogen-bond acceptors (Lipinski definition) is 2. The highest BCUT2D eigenvalue weighted by Gasteiger charge is 2.13. The van der Waals surface area contributed by atoms with E-state index >= 15 is 0 Å². The summed E-state index contributed by atoms with van der Waals surface area (Å²) in [5.74, 6) is 0.351. The van der Waals surface area contributed by atoms with Gasteiger partial charge in [-0.15, -0.1) is 0 Å². The fourth-order valence-electron chi connectivity index (χ4n) is 2.40. The van der Waals surface area contributed by atoms with E-state index in [0.29, 0.717) is 12.5 Å². The Morgan fingerprint density at radius 1 is 1.05 bits per heavy atom. The highest BCUT2D eigenvalue weighted by atomic mass is 35.5. The Labute approximate surface area is 126 Å². The molecular weight excluding hydrogens is 268 g/mol. The average molecular weight is 289 g/mol. The fourth-order valence-corrected chi connectivity index (χ4v) is 2.59. The molecule has 1 unspecified atom stereocenters. The Hall–Kier alpha value is -1.35. The smallest absolute Gasteiger partial charge is 0.0451 e. The van der Waals surface area contributed by atoms with Crippen LogP contribution in [0, 0.1) is 0 Å². The molecule has 2 aromatic rings. The van der Waals surface area contributed by atoms with Crippen molar-refractivity contribution < 1.29 is 0 Å². The molecule has 0 saturated carbocycles. The molecule has 1 atom stereocenters. The van der Waals surface area contributed by atoms with Gasteiger partial charge in [-0.3, -0.25) is 0 Å². The van der Waals surface area contributed by atoms with Crippen molar-refractivity contribution in [1.82, 2.24) is 4.90 Å². The minimum Gasteiger partial charge on any atom is -0.330 e. The lowest BCUT2D eigenvalue weighted by molar-refractivity contribution is 0.305. The number of nitrogens with two attached hydrogens (primary N) is 1. The van der Waals surface area contributed by atoms with Gasteiger partial charge in [0.05, 0.1) is 0 Å². The summed E-state index contributed by atoms with van der Waals surface area (Å²) in [6.45, 7) is 2.41. The molecular formula is C17H21ClN2. The van der Waals surface area contributed by atoms with Gasteiger partial charge >= 0.3 is 0 Å². The summed E-state index contributed by atoms with van der Waals surface area (Å²) in [5.41, 5.74) is 8.37. The van der Waals surface area contributed by atoms with Crippen LogP contribution in [0.25, 0.3) is 0 Å². The van der Waals surface area contributed by atoms with Crippen LogP contribution in [0.2, 0.25) is 5.02 Å². The normalized spacial score (nSPS) is 12.6. The number of benzene rings is 2. The predicted molar refractivity (Wildman–Crippen MR) is 86.0 cm³/mol. The second-order valence-electron chi connectivity index (χ2n) is 5.13. The molecule has 2 rings (SSSR count). The lowest BCUT2D eigenvalue weighted by atomic mass is 9.98. The van der Waals surface area contributed by atoms with Gasteiger partial charge in [-0.1, -0.05) is 60.1 Å². The lowest BCUT2D eigenvalue weighted by Crippen LogP contribution is -2.28. The minimum absolute atomic E-state index is 0.351. The second kappa shape index (κ2) is 7.44. The molecule has 0 heterocycles. The van der Waals surface area contributed by atoms with Gasteiger partial charge in [0.2, 0.25) is 0 Å². The first kappa shape index (κ1) is 15.0. The van der Waals surface area contributed by atoms with E-state index in [1.54, 1.807) is 0 Å². The number of likely N-dealkylation sites (N-methyl/N-ethyl adjacent to an activating group) is 1. The van der Waals surface area contributed by atoms with Crippen molar-refractivity contribution in [3.63, 3.8) is 0 Å². The molecule has 0 amide bonds. The molecule has 0 spiro atoms. The maximum absolute atomic E-state index is 6.20. The zero-order chi connectivity index (χ0) is 14.4. The SMILES string of the molecule is CN(Cc1ccccc1Cl)CC(CN)c1ccccc1. The maximum Gasteiger partial charge on any atom is 0.0451 e. The molecule has 0 aliphatic heterocycles. The van der Waals surface area contributed by atoms with Crippen molar-refractivity contribution in [2.75, 3.05) is 20.1 Å². The van der Waals surface area contributed by atoms with Crippen LogP contribution in [-0.4, -0.2) is 25.0 Å². The largest absolute Gasteiger partial charge is 0.330 e. The summed E-state index contributed by atoms with van der Waals surface area (Å²) >= 11 is 6.20. The average Bonchev–Trinajstić information content (AvgIpc) is 2.48. The van der Waals surface area contributed by atoms with E-state index in [0.717, 1.165) is 23.7 Å². The van der Waals surface area contributed by atoms with Crippen molar-refractivity contribution in [3.05, 3.63) is 70.7 Å². The number of rotatable bonds is 6. The van der Waals surface area contributed by atoms with Gasteiger partial charge in [-0.25, -0.2) is 0 Å². The first-order valence-corrected chi connectivity index (χ1v) is 7.25. The summed E-state index contributed by atoms with van der Waals surface area (Å²) in [4.78, 5) is 2.27. The fraction of sp³-hybridized carbons (Fsp3) is 0.294. The van der Waals surface area contributed by atoms with Gasteiger partial charge in [-0.05, 0) is 24.2 Å². The van der Waals surface area contributed by atoms with Gasteiger partial charge in [0.1, 0.15) is 0 Å². The standard InChI is InChI=1S/C17H21ClN2/c1-20(12-15-9-5-6-10-17(15)18)13-16(11-19)14-7-3-2-4-8-14/h2-10,16H,11-13,19H2,1H3. The predicted octanol–water partition coefficient (Wildman–Crippen LogP) is 3.51. The highest BCUT2D eigenvalue weighted by molar-refractivity contribution is 6.31. The van der Waals surface area contributed by atoms with Gasteiger partial charge < -0.3 is 10.6 Å². The van der Waals surface area contributed by atoms with Crippen molar-refractivity contribution >= 4 is 11.6 Å². The third-order valence-corrected chi connectivity index (χ3v) is 3.85. The van der Waals surface area contributed by atoms with Crippen LogP contribution in [0.5, 0.6) is 0 Å². The van der Waals surface area contributed by atoms with Crippen LogP contribution in [0.1, 0.15) is 17.0 Å². The van der Waals surface area contributed by atoms with Gasteiger partial charge in [0.25, 0.3) is 0 Å². The zero-order valence-electron chi connectivity index (χ0n) is 11.8. The second-order valence-corrected chi connectivity index (χ2v) is 5.54. The first-order valence-electron chi connectivity index (χ1n) is 6.87. The Morgan fingerprint density at radius 2 is 1.70 bits per heavy atom. The number of halogens is 1. The molecule has 0 radical (unpaired) electrons. The molecule has 3 heteroatoms. The molecule has 0 fully saturated rings. The zero-order valence-corrected chi connectivity index (χ0v) is 12.6. The lowest BCUT2D eigenvalue weighted by Gasteiger charge is -2.24.